The zero-order valence-electron chi connectivity index (χ0n) is 20.7. The summed E-state index contributed by atoms with van der Waals surface area (Å²) in [4.78, 5) is 15.8. The number of aromatic nitrogens is 3. The number of anilines is 1. The first-order valence-corrected chi connectivity index (χ1v) is 12.2. The van der Waals surface area contributed by atoms with Gasteiger partial charge in [-0.25, -0.2) is 9.48 Å². The number of methoxy groups -OCH3 is 1. The van der Waals surface area contributed by atoms with Crippen LogP contribution in [0.1, 0.15) is 28.6 Å². The van der Waals surface area contributed by atoms with Crippen molar-refractivity contribution in [2.45, 2.75) is 19.5 Å². The second-order valence-electron chi connectivity index (χ2n) is 9.04. The van der Waals surface area contributed by atoms with Gasteiger partial charge in [0.05, 0.1) is 36.8 Å². The SMILES string of the molecule is COc1ccc(NC(=O)N2Cc3c(C)nn(-c4ccccc4)c3-n3cccc3[C@H]2c2ccccc2)cc1. The van der Waals surface area contributed by atoms with E-state index in [1.807, 2.05) is 95.4 Å². The zero-order chi connectivity index (χ0) is 25.4. The average molecular weight is 490 g/mol. The van der Waals surface area contributed by atoms with Crippen LogP contribution >= 0.6 is 0 Å². The lowest BCUT2D eigenvalue weighted by Gasteiger charge is -2.31. The molecule has 0 fully saturated rings. The number of nitrogens with one attached hydrogen (secondary N) is 1. The molecule has 3 heterocycles. The van der Waals surface area contributed by atoms with Gasteiger partial charge >= 0.3 is 6.03 Å². The summed E-state index contributed by atoms with van der Waals surface area (Å²) in [5.74, 6) is 1.69. The van der Waals surface area contributed by atoms with Crippen LogP contribution in [0.15, 0.2) is 103 Å². The highest BCUT2D eigenvalue weighted by Gasteiger charge is 2.35. The van der Waals surface area contributed by atoms with Crippen LogP contribution in [0.2, 0.25) is 0 Å². The van der Waals surface area contributed by atoms with Crippen molar-refractivity contribution >= 4 is 11.7 Å². The van der Waals surface area contributed by atoms with Crippen molar-refractivity contribution in [3.63, 3.8) is 0 Å². The van der Waals surface area contributed by atoms with Crippen LogP contribution in [0.4, 0.5) is 10.5 Å². The molecule has 6 rings (SSSR count). The van der Waals surface area contributed by atoms with E-state index in [4.69, 9.17) is 9.84 Å². The van der Waals surface area contributed by atoms with Gasteiger partial charge in [-0.05, 0) is 61.0 Å². The van der Waals surface area contributed by atoms with Crippen LogP contribution in [0.3, 0.4) is 0 Å². The van der Waals surface area contributed by atoms with Crippen LogP contribution in [-0.4, -0.2) is 32.4 Å². The molecule has 0 unspecified atom stereocenters. The van der Waals surface area contributed by atoms with E-state index in [1.54, 1.807) is 7.11 Å². The van der Waals surface area contributed by atoms with E-state index in [0.717, 1.165) is 39.8 Å². The number of urea groups is 1. The number of fused-ring (bicyclic) bond motifs is 3. The molecule has 0 saturated carbocycles. The Balaban J connectivity index is 1.50. The van der Waals surface area contributed by atoms with Crippen LogP contribution in [0, 0.1) is 6.92 Å². The fourth-order valence-electron chi connectivity index (χ4n) is 5.00. The molecule has 1 aliphatic rings. The fourth-order valence-corrected chi connectivity index (χ4v) is 5.00. The van der Waals surface area contributed by atoms with E-state index in [1.165, 1.54) is 0 Å². The molecule has 0 radical (unpaired) electrons. The lowest BCUT2D eigenvalue weighted by molar-refractivity contribution is 0.194. The molecule has 0 bridgehead atoms. The van der Waals surface area contributed by atoms with Gasteiger partial charge in [0.2, 0.25) is 0 Å². The Bertz CT molecular complexity index is 1540. The molecule has 2 aromatic heterocycles. The molecule has 5 aromatic rings. The molecule has 2 amide bonds. The van der Waals surface area contributed by atoms with Gasteiger partial charge in [-0.2, -0.15) is 5.10 Å². The van der Waals surface area contributed by atoms with E-state index in [-0.39, 0.29) is 12.1 Å². The molecule has 0 saturated heterocycles. The molecule has 37 heavy (non-hydrogen) atoms. The molecule has 1 aliphatic heterocycles. The van der Waals surface area contributed by atoms with Crippen LogP contribution in [0.25, 0.3) is 11.5 Å². The number of hydrogen-bond acceptors (Lipinski definition) is 3. The molecule has 7 nitrogen and oxygen atoms in total. The Morgan fingerprint density at radius 1 is 0.919 bits per heavy atom. The quantitative estimate of drug-likeness (QED) is 0.331. The lowest BCUT2D eigenvalue weighted by Crippen LogP contribution is -2.38. The van der Waals surface area contributed by atoms with Gasteiger partial charge in [0, 0.05) is 17.4 Å². The highest BCUT2D eigenvalue weighted by molar-refractivity contribution is 5.90. The first-order valence-electron chi connectivity index (χ1n) is 12.2. The van der Waals surface area contributed by atoms with Crippen LogP contribution < -0.4 is 10.1 Å². The van der Waals surface area contributed by atoms with Gasteiger partial charge < -0.3 is 19.5 Å². The molecule has 1 N–H and O–H groups in total. The van der Waals surface area contributed by atoms with Gasteiger partial charge in [0.1, 0.15) is 11.6 Å². The topological polar surface area (TPSA) is 64.3 Å². The minimum Gasteiger partial charge on any atom is -0.497 e. The summed E-state index contributed by atoms with van der Waals surface area (Å²) in [7, 11) is 1.62. The zero-order valence-corrected chi connectivity index (χ0v) is 20.7. The number of amides is 2. The van der Waals surface area contributed by atoms with Crippen molar-refractivity contribution in [2.75, 3.05) is 12.4 Å². The minimum absolute atomic E-state index is 0.188. The van der Waals surface area contributed by atoms with Crippen molar-refractivity contribution < 1.29 is 9.53 Å². The summed E-state index contributed by atoms with van der Waals surface area (Å²) >= 11 is 0. The Morgan fingerprint density at radius 2 is 1.62 bits per heavy atom. The van der Waals surface area contributed by atoms with E-state index in [0.29, 0.717) is 12.2 Å². The first-order chi connectivity index (χ1) is 18.1. The van der Waals surface area contributed by atoms with Crippen molar-refractivity contribution in [2.24, 2.45) is 0 Å². The highest BCUT2D eigenvalue weighted by atomic mass is 16.5. The van der Waals surface area contributed by atoms with Crippen LogP contribution in [0.5, 0.6) is 5.75 Å². The number of ether oxygens (including phenoxy) is 1. The Morgan fingerprint density at radius 3 is 2.32 bits per heavy atom. The average Bonchev–Trinajstić information content (AvgIpc) is 3.50. The molecule has 184 valence electrons. The Kier molecular flexibility index (Phi) is 5.73. The third-order valence-corrected chi connectivity index (χ3v) is 6.80. The maximum atomic E-state index is 13.9. The van der Waals surface area contributed by atoms with Crippen molar-refractivity contribution in [3.05, 3.63) is 126 Å². The molecular formula is C30H27N5O2. The van der Waals surface area contributed by atoms with Crippen molar-refractivity contribution in [1.82, 2.24) is 19.2 Å². The third kappa shape index (κ3) is 4.04. The minimum atomic E-state index is -0.300. The van der Waals surface area contributed by atoms with E-state index in [9.17, 15) is 4.79 Å². The van der Waals surface area contributed by atoms with Gasteiger partial charge in [0.25, 0.3) is 0 Å². The Hall–Kier alpha value is -4.78. The largest absolute Gasteiger partial charge is 0.497 e. The molecule has 0 aliphatic carbocycles. The highest BCUT2D eigenvalue weighted by Crippen LogP contribution is 2.38. The molecule has 1 atom stereocenters. The summed E-state index contributed by atoms with van der Waals surface area (Å²) in [6, 6.07) is 31.2. The summed E-state index contributed by atoms with van der Waals surface area (Å²) in [6.45, 7) is 2.40. The lowest BCUT2D eigenvalue weighted by atomic mass is 10.0. The molecule has 3 aromatic carbocycles. The number of aryl methyl sites for hydroxylation is 1. The van der Waals surface area contributed by atoms with E-state index >= 15 is 0 Å². The fraction of sp³-hybridized carbons (Fsp3) is 0.133. The first kappa shape index (κ1) is 22.7. The second-order valence-corrected chi connectivity index (χ2v) is 9.04. The number of carbonyl (C=O) groups excluding carboxylic acids is 1. The predicted octanol–water partition coefficient (Wildman–Crippen LogP) is 6.12. The van der Waals surface area contributed by atoms with Crippen molar-refractivity contribution in [3.8, 4) is 17.3 Å². The maximum absolute atomic E-state index is 13.9. The maximum Gasteiger partial charge on any atom is 0.322 e. The van der Waals surface area contributed by atoms with Gasteiger partial charge in [-0.1, -0.05) is 48.5 Å². The monoisotopic (exact) mass is 489 g/mol. The van der Waals surface area contributed by atoms with Gasteiger partial charge in [0.15, 0.2) is 0 Å². The number of para-hydroxylation sites is 1. The summed E-state index contributed by atoms with van der Waals surface area (Å²) in [6.07, 6.45) is 2.05. The van der Waals surface area contributed by atoms with E-state index < -0.39 is 0 Å². The normalized spacial score (nSPS) is 14.4. The van der Waals surface area contributed by atoms with Crippen LogP contribution in [-0.2, 0) is 6.54 Å². The number of benzene rings is 3. The number of nitrogens with zero attached hydrogens (tertiary/aromatic N) is 4. The summed E-state index contributed by atoms with van der Waals surface area (Å²) in [5.41, 5.74) is 5.59. The van der Waals surface area contributed by atoms with E-state index in [2.05, 4.69) is 34.3 Å². The smallest absolute Gasteiger partial charge is 0.322 e. The number of rotatable bonds is 4. The van der Waals surface area contributed by atoms with Crippen molar-refractivity contribution in [1.29, 1.82) is 0 Å². The summed E-state index contributed by atoms with van der Waals surface area (Å²) in [5, 5.41) is 8.00. The van der Waals surface area contributed by atoms with Gasteiger partial charge in [-0.15, -0.1) is 0 Å². The number of carbonyl (C=O) groups is 1. The summed E-state index contributed by atoms with van der Waals surface area (Å²) < 4.78 is 9.41. The van der Waals surface area contributed by atoms with Gasteiger partial charge in [-0.3, -0.25) is 0 Å². The third-order valence-electron chi connectivity index (χ3n) is 6.80. The molecule has 0 spiro atoms. The molecular weight excluding hydrogens is 462 g/mol. The Labute approximate surface area is 215 Å². The predicted molar refractivity (Wildman–Crippen MR) is 143 cm³/mol. The number of hydrogen-bond donors (Lipinski definition) is 1. The molecule has 7 heteroatoms. The standard InChI is InChI=1S/C30H27N5O2/c1-21-26-20-34(30(36)31-23-15-17-25(37-2)18-16-23)28(22-10-5-3-6-11-22)27-14-9-19-33(27)29(26)35(32-21)24-12-7-4-8-13-24/h3-19,28H,20H2,1-2H3,(H,31,36)/t28-/m1/s1. The second kappa shape index (κ2) is 9.35.